The van der Waals surface area contributed by atoms with E-state index in [9.17, 15) is 13.2 Å². The third-order valence-corrected chi connectivity index (χ3v) is 7.34. The Balaban J connectivity index is 1.62. The normalized spacial score (nSPS) is 28.8. The van der Waals surface area contributed by atoms with Crippen molar-refractivity contribution in [2.45, 2.75) is 57.5 Å². The molecule has 2 aliphatic heterocycles. The molecule has 0 radical (unpaired) electrons. The zero-order chi connectivity index (χ0) is 17.8. The highest BCUT2D eigenvalue weighted by Gasteiger charge is 2.42. The molecule has 25 heavy (non-hydrogen) atoms. The number of carbonyl (C=O) groups excluding carboxylic acids is 1. The Hall–Kier alpha value is -1.56. The van der Waals surface area contributed by atoms with E-state index in [0.29, 0.717) is 36.5 Å². The largest absolute Gasteiger partial charge is 0.333 e. The second kappa shape index (κ2) is 6.01. The van der Waals surface area contributed by atoms with Gasteiger partial charge in [0, 0.05) is 24.2 Å². The number of benzene rings is 1. The standard InChI is InChI=1S/C19H26N2O3S/c1-13-11-14-5-3-4-6-18(14)21(13)19(22)16-7-8-17-15(12-16)9-10-20(17)25(2,23)24/h7-8,12-14,18H,3-6,9-11H2,1-2H3. The van der Waals surface area contributed by atoms with Crippen molar-refractivity contribution >= 4 is 21.6 Å². The van der Waals surface area contributed by atoms with Crippen LogP contribution in [0.15, 0.2) is 18.2 Å². The Morgan fingerprint density at radius 2 is 1.96 bits per heavy atom. The van der Waals surface area contributed by atoms with Gasteiger partial charge in [0.1, 0.15) is 0 Å². The van der Waals surface area contributed by atoms with Crippen molar-refractivity contribution in [2.24, 2.45) is 5.92 Å². The van der Waals surface area contributed by atoms with E-state index in [-0.39, 0.29) is 5.91 Å². The summed E-state index contributed by atoms with van der Waals surface area (Å²) >= 11 is 0. The highest BCUT2D eigenvalue weighted by atomic mass is 32.2. The molecule has 0 aromatic heterocycles. The lowest BCUT2D eigenvalue weighted by Crippen LogP contribution is -2.42. The summed E-state index contributed by atoms with van der Waals surface area (Å²) < 4.78 is 25.2. The third kappa shape index (κ3) is 2.84. The molecule has 2 heterocycles. The van der Waals surface area contributed by atoms with Crippen molar-refractivity contribution in [1.29, 1.82) is 0 Å². The summed E-state index contributed by atoms with van der Waals surface area (Å²) in [6.07, 6.45) is 7.88. The summed E-state index contributed by atoms with van der Waals surface area (Å²) in [5, 5.41) is 0. The first-order valence-electron chi connectivity index (χ1n) is 9.29. The maximum absolute atomic E-state index is 13.2. The second-order valence-electron chi connectivity index (χ2n) is 7.84. The van der Waals surface area contributed by atoms with Gasteiger partial charge in [-0.1, -0.05) is 12.8 Å². The Labute approximate surface area is 150 Å². The molecule has 3 unspecified atom stereocenters. The monoisotopic (exact) mass is 362 g/mol. The van der Waals surface area contributed by atoms with E-state index in [1.165, 1.54) is 29.8 Å². The minimum Gasteiger partial charge on any atom is -0.333 e. The summed E-state index contributed by atoms with van der Waals surface area (Å²) in [6, 6.07) is 6.19. The average molecular weight is 362 g/mol. The molecule has 1 aliphatic carbocycles. The van der Waals surface area contributed by atoms with E-state index in [1.54, 1.807) is 12.1 Å². The van der Waals surface area contributed by atoms with Crippen LogP contribution in [0, 0.1) is 5.92 Å². The van der Waals surface area contributed by atoms with Gasteiger partial charge in [-0.2, -0.15) is 0 Å². The molecule has 0 spiro atoms. The molecule has 2 fully saturated rings. The number of hydrogen-bond donors (Lipinski definition) is 0. The Morgan fingerprint density at radius 1 is 1.20 bits per heavy atom. The van der Waals surface area contributed by atoms with Gasteiger partial charge in [-0.15, -0.1) is 0 Å². The predicted octanol–water partition coefficient (Wildman–Crippen LogP) is 2.80. The van der Waals surface area contributed by atoms with Gasteiger partial charge >= 0.3 is 0 Å². The summed E-state index contributed by atoms with van der Waals surface area (Å²) in [4.78, 5) is 15.3. The van der Waals surface area contributed by atoms with Crippen LogP contribution in [0.5, 0.6) is 0 Å². The lowest BCUT2D eigenvalue weighted by Gasteiger charge is -2.33. The van der Waals surface area contributed by atoms with E-state index in [4.69, 9.17) is 0 Å². The van der Waals surface area contributed by atoms with Crippen LogP contribution in [-0.4, -0.2) is 44.1 Å². The summed E-state index contributed by atoms with van der Waals surface area (Å²) in [5.41, 5.74) is 2.39. The molecule has 3 atom stereocenters. The van der Waals surface area contributed by atoms with Gasteiger partial charge in [-0.25, -0.2) is 8.42 Å². The average Bonchev–Trinajstić information content (AvgIpc) is 3.13. The van der Waals surface area contributed by atoms with Crippen molar-refractivity contribution in [2.75, 3.05) is 17.1 Å². The zero-order valence-electron chi connectivity index (χ0n) is 14.9. The van der Waals surface area contributed by atoms with Crippen LogP contribution in [0.3, 0.4) is 0 Å². The van der Waals surface area contributed by atoms with Crippen LogP contribution < -0.4 is 4.31 Å². The Morgan fingerprint density at radius 3 is 2.72 bits per heavy atom. The van der Waals surface area contributed by atoms with Crippen molar-refractivity contribution in [3.8, 4) is 0 Å². The number of rotatable bonds is 2. The molecule has 3 aliphatic rings. The fourth-order valence-electron chi connectivity index (χ4n) is 5.06. The van der Waals surface area contributed by atoms with Crippen molar-refractivity contribution in [1.82, 2.24) is 4.90 Å². The molecule has 1 amide bonds. The van der Waals surface area contributed by atoms with Gasteiger partial charge < -0.3 is 4.90 Å². The highest BCUT2D eigenvalue weighted by molar-refractivity contribution is 7.92. The number of anilines is 1. The van der Waals surface area contributed by atoms with E-state index in [0.717, 1.165) is 24.1 Å². The number of hydrogen-bond acceptors (Lipinski definition) is 3. The van der Waals surface area contributed by atoms with Crippen LogP contribution in [0.1, 0.15) is 54.9 Å². The lowest BCUT2D eigenvalue weighted by molar-refractivity contribution is 0.0633. The maximum Gasteiger partial charge on any atom is 0.254 e. The van der Waals surface area contributed by atoms with E-state index in [2.05, 4.69) is 11.8 Å². The van der Waals surface area contributed by atoms with Gasteiger partial charge in [-0.05, 0) is 62.3 Å². The molecular formula is C19H26N2O3S. The number of nitrogens with zero attached hydrogens (tertiary/aromatic N) is 2. The number of likely N-dealkylation sites (tertiary alicyclic amines) is 1. The molecule has 1 saturated carbocycles. The fraction of sp³-hybridized carbons (Fsp3) is 0.632. The molecule has 5 nitrogen and oxygen atoms in total. The van der Waals surface area contributed by atoms with Gasteiger partial charge in [-0.3, -0.25) is 9.10 Å². The summed E-state index contributed by atoms with van der Waals surface area (Å²) in [7, 11) is -3.25. The lowest BCUT2D eigenvalue weighted by atomic mass is 9.85. The first kappa shape index (κ1) is 16.9. The predicted molar refractivity (Wildman–Crippen MR) is 98.3 cm³/mol. The number of fused-ring (bicyclic) bond motifs is 2. The van der Waals surface area contributed by atoms with Gasteiger partial charge in [0.2, 0.25) is 10.0 Å². The molecule has 1 saturated heterocycles. The summed E-state index contributed by atoms with van der Waals surface area (Å²) in [6.45, 7) is 2.63. The van der Waals surface area contributed by atoms with Crippen LogP contribution in [0.2, 0.25) is 0 Å². The number of amides is 1. The first-order chi connectivity index (χ1) is 11.9. The quantitative estimate of drug-likeness (QED) is 0.813. The number of carbonyl (C=O) groups is 1. The third-order valence-electron chi connectivity index (χ3n) is 6.16. The zero-order valence-corrected chi connectivity index (χ0v) is 15.8. The molecule has 0 N–H and O–H groups in total. The minimum atomic E-state index is -3.25. The summed E-state index contributed by atoms with van der Waals surface area (Å²) in [5.74, 6) is 0.769. The topological polar surface area (TPSA) is 57.7 Å². The van der Waals surface area contributed by atoms with E-state index < -0.39 is 10.0 Å². The van der Waals surface area contributed by atoms with Crippen LogP contribution >= 0.6 is 0 Å². The van der Waals surface area contributed by atoms with Crippen LogP contribution in [0.25, 0.3) is 0 Å². The fourth-order valence-corrected chi connectivity index (χ4v) is 6.02. The molecular weight excluding hydrogens is 336 g/mol. The highest BCUT2D eigenvalue weighted by Crippen LogP contribution is 2.40. The van der Waals surface area contributed by atoms with Crippen molar-refractivity contribution in [3.63, 3.8) is 0 Å². The van der Waals surface area contributed by atoms with Crippen molar-refractivity contribution in [3.05, 3.63) is 29.3 Å². The van der Waals surface area contributed by atoms with Gasteiger partial charge in [0.25, 0.3) is 5.91 Å². The molecule has 4 rings (SSSR count). The maximum atomic E-state index is 13.2. The minimum absolute atomic E-state index is 0.113. The number of sulfonamides is 1. The molecule has 136 valence electrons. The first-order valence-corrected chi connectivity index (χ1v) is 11.1. The van der Waals surface area contributed by atoms with Gasteiger partial charge in [0.05, 0.1) is 11.9 Å². The Bertz CT molecular complexity index is 805. The molecule has 1 aromatic carbocycles. The molecule has 0 bridgehead atoms. The van der Waals surface area contributed by atoms with Crippen LogP contribution in [0.4, 0.5) is 5.69 Å². The van der Waals surface area contributed by atoms with Crippen molar-refractivity contribution < 1.29 is 13.2 Å². The SMILES string of the molecule is CC1CC2CCCCC2N1C(=O)c1ccc2c(c1)CCN2S(C)(=O)=O. The van der Waals surface area contributed by atoms with E-state index in [1.807, 2.05) is 6.07 Å². The smallest absolute Gasteiger partial charge is 0.254 e. The van der Waals surface area contributed by atoms with E-state index >= 15 is 0 Å². The Kier molecular flexibility index (Phi) is 4.06. The van der Waals surface area contributed by atoms with Gasteiger partial charge in [0.15, 0.2) is 0 Å². The second-order valence-corrected chi connectivity index (χ2v) is 9.74. The molecule has 1 aromatic rings. The van der Waals surface area contributed by atoms with Crippen LogP contribution in [-0.2, 0) is 16.4 Å². The molecule has 6 heteroatoms.